The van der Waals surface area contributed by atoms with Crippen LogP contribution in [0.4, 0.5) is 5.69 Å². The number of nitrogens with one attached hydrogen (secondary N) is 1. The average molecular weight is 314 g/mol. The number of carbonyl (C=O) groups excluding carboxylic acids is 1. The number of anilines is 1. The number of Topliss-reactive ketones (excluding diaryl/α,β-unsaturated/α-hetero) is 1. The second kappa shape index (κ2) is 6.97. The van der Waals surface area contributed by atoms with Crippen LogP contribution in [0.25, 0.3) is 0 Å². The standard InChI is InChI=1S/C19H20ClNO/c20-15-10-12-16(13-11-15)21-19(14-6-2-1-3-7-14)17-8-4-5-9-18(17)22/h1-3,6-7,10-13,17,19,21H,4-5,8-9H2/t17-,19-/m0/s1. The van der Waals surface area contributed by atoms with Crippen molar-refractivity contribution >= 4 is 23.1 Å². The van der Waals surface area contributed by atoms with Gasteiger partial charge in [-0.1, -0.05) is 48.4 Å². The van der Waals surface area contributed by atoms with E-state index in [2.05, 4.69) is 17.4 Å². The maximum absolute atomic E-state index is 12.4. The Bertz CT molecular complexity index is 624. The Morgan fingerprint density at radius 2 is 1.73 bits per heavy atom. The highest BCUT2D eigenvalue weighted by molar-refractivity contribution is 6.30. The topological polar surface area (TPSA) is 29.1 Å². The van der Waals surface area contributed by atoms with E-state index in [1.54, 1.807) is 0 Å². The molecule has 0 unspecified atom stereocenters. The van der Waals surface area contributed by atoms with Crippen LogP contribution in [0.2, 0.25) is 5.02 Å². The van der Waals surface area contributed by atoms with Crippen molar-refractivity contribution in [3.8, 4) is 0 Å². The lowest BCUT2D eigenvalue weighted by Crippen LogP contribution is -2.30. The third-order valence-corrected chi connectivity index (χ3v) is 4.58. The van der Waals surface area contributed by atoms with Crippen LogP contribution >= 0.6 is 11.6 Å². The number of ketones is 1. The van der Waals surface area contributed by atoms with Crippen molar-refractivity contribution in [2.75, 3.05) is 5.32 Å². The Balaban J connectivity index is 1.88. The highest BCUT2D eigenvalue weighted by Crippen LogP contribution is 2.35. The van der Waals surface area contributed by atoms with Crippen LogP contribution in [-0.4, -0.2) is 5.78 Å². The Labute approximate surface area is 136 Å². The Kier molecular flexibility index (Phi) is 4.79. The van der Waals surface area contributed by atoms with Crippen molar-refractivity contribution in [2.24, 2.45) is 5.92 Å². The van der Waals surface area contributed by atoms with E-state index in [1.807, 2.05) is 42.5 Å². The van der Waals surface area contributed by atoms with Crippen molar-refractivity contribution in [3.05, 3.63) is 65.2 Å². The summed E-state index contributed by atoms with van der Waals surface area (Å²) in [6.45, 7) is 0. The predicted molar refractivity (Wildman–Crippen MR) is 91.2 cm³/mol. The lowest BCUT2D eigenvalue weighted by molar-refractivity contribution is -0.125. The minimum atomic E-state index is 0.0233. The number of halogens is 1. The van der Waals surface area contributed by atoms with Gasteiger partial charge in [0.25, 0.3) is 0 Å². The Hall–Kier alpha value is -1.80. The summed E-state index contributed by atoms with van der Waals surface area (Å²) in [5.74, 6) is 0.424. The van der Waals surface area contributed by atoms with Gasteiger partial charge in [-0.3, -0.25) is 4.79 Å². The molecule has 0 heterocycles. The first-order valence-electron chi connectivity index (χ1n) is 7.84. The van der Waals surface area contributed by atoms with Gasteiger partial charge in [0.05, 0.1) is 6.04 Å². The fraction of sp³-hybridized carbons (Fsp3) is 0.316. The van der Waals surface area contributed by atoms with Gasteiger partial charge >= 0.3 is 0 Å². The van der Waals surface area contributed by atoms with E-state index in [4.69, 9.17) is 11.6 Å². The average Bonchev–Trinajstić information content (AvgIpc) is 2.56. The zero-order valence-electron chi connectivity index (χ0n) is 12.5. The van der Waals surface area contributed by atoms with Crippen molar-refractivity contribution in [1.82, 2.24) is 0 Å². The van der Waals surface area contributed by atoms with E-state index in [0.717, 1.165) is 35.5 Å². The van der Waals surface area contributed by atoms with Gasteiger partial charge in [0, 0.05) is 23.0 Å². The molecule has 1 N–H and O–H groups in total. The number of benzene rings is 2. The molecule has 0 aromatic heterocycles. The fourth-order valence-corrected chi connectivity index (χ4v) is 3.29. The van der Waals surface area contributed by atoms with E-state index < -0.39 is 0 Å². The molecule has 1 fully saturated rings. The van der Waals surface area contributed by atoms with Crippen molar-refractivity contribution in [2.45, 2.75) is 31.7 Å². The monoisotopic (exact) mass is 313 g/mol. The third-order valence-electron chi connectivity index (χ3n) is 4.33. The van der Waals surface area contributed by atoms with Gasteiger partial charge in [0.1, 0.15) is 5.78 Å². The summed E-state index contributed by atoms with van der Waals surface area (Å²) in [4.78, 5) is 12.4. The van der Waals surface area contributed by atoms with Crippen LogP contribution in [0, 0.1) is 5.92 Å². The molecule has 2 aromatic carbocycles. The van der Waals surface area contributed by atoms with Crippen molar-refractivity contribution < 1.29 is 4.79 Å². The van der Waals surface area contributed by atoms with Crippen molar-refractivity contribution in [3.63, 3.8) is 0 Å². The molecule has 0 bridgehead atoms. The summed E-state index contributed by atoms with van der Waals surface area (Å²) in [7, 11) is 0. The summed E-state index contributed by atoms with van der Waals surface area (Å²) >= 11 is 5.96. The molecular weight excluding hydrogens is 294 g/mol. The number of rotatable bonds is 4. The van der Waals surface area contributed by atoms with Crippen LogP contribution in [-0.2, 0) is 4.79 Å². The van der Waals surface area contributed by atoms with E-state index in [0.29, 0.717) is 12.2 Å². The Morgan fingerprint density at radius 3 is 2.41 bits per heavy atom. The van der Waals surface area contributed by atoms with E-state index in [-0.39, 0.29) is 12.0 Å². The second-order valence-corrected chi connectivity index (χ2v) is 6.29. The van der Waals surface area contributed by atoms with Crippen LogP contribution in [0.5, 0.6) is 0 Å². The molecule has 0 saturated heterocycles. The summed E-state index contributed by atoms with van der Waals surface area (Å²) in [5, 5.41) is 4.26. The van der Waals surface area contributed by atoms with Gasteiger partial charge in [-0.25, -0.2) is 0 Å². The van der Waals surface area contributed by atoms with Gasteiger partial charge in [0.15, 0.2) is 0 Å². The molecule has 1 aliphatic rings. The first kappa shape index (κ1) is 15.1. The lowest BCUT2D eigenvalue weighted by Gasteiger charge is -2.31. The maximum atomic E-state index is 12.4. The molecule has 1 saturated carbocycles. The van der Waals surface area contributed by atoms with Crippen LogP contribution in [0.1, 0.15) is 37.3 Å². The Morgan fingerprint density at radius 1 is 1.00 bits per heavy atom. The van der Waals surface area contributed by atoms with Gasteiger partial charge in [0.2, 0.25) is 0 Å². The molecule has 2 nitrogen and oxygen atoms in total. The summed E-state index contributed by atoms with van der Waals surface area (Å²) < 4.78 is 0. The minimum absolute atomic E-state index is 0.0233. The van der Waals surface area contributed by atoms with E-state index >= 15 is 0 Å². The zero-order valence-corrected chi connectivity index (χ0v) is 13.2. The summed E-state index contributed by atoms with van der Waals surface area (Å²) in [5.41, 5.74) is 2.16. The summed E-state index contributed by atoms with van der Waals surface area (Å²) in [6, 6.07) is 17.9. The predicted octanol–water partition coefficient (Wildman–Crippen LogP) is 5.25. The number of hydrogen-bond donors (Lipinski definition) is 1. The first-order valence-corrected chi connectivity index (χ1v) is 8.21. The molecule has 0 aliphatic heterocycles. The highest BCUT2D eigenvalue weighted by atomic mass is 35.5. The number of carbonyl (C=O) groups is 1. The summed E-state index contributed by atoms with van der Waals surface area (Å²) in [6.07, 6.45) is 3.81. The third kappa shape index (κ3) is 3.50. The van der Waals surface area contributed by atoms with E-state index in [9.17, 15) is 4.79 Å². The zero-order chi connectivity index (χ0) is 15.4. The molecule has 0 spiro atoms. The minimum Gasteiger partial charge on any atom is -0.378 e. The molecule has 114 valence electrons. The molecule has 0 radical (unpaired) electrons. The molecule has 3 heteroatoms. The normalized spacial score (nSPS) is 19.7. The molecule has 0 amide bonds. The lowest BCUT2D eigenvalue weighted by atomic mass is 9.80. The number of hydrogen-bond acceptors (Lipinski definition) is 2. The molecular formula is C19H20ClNO. The molecule has 3 rings (SSSR count). The van der Waals surface area contributed by atoms with Crippen LogP contribution in [0.3, 0.4) is 0 Å². The SMILES string of the molecule is O=C1CCCC[C@@H]1[C@@H](Nc1ccc(Cl)cc1)c1ccccc1. The maximum Gasteiger partial charge on any atom is 0.138 e. The quantitative estimate of drug-likeness (QED) is 0.835. The van der Waals surface area contributed by atoms with Gasteiger partial charge in [-0.05, 0) is 42.7 Å². The smallest absolute Gasteiger partial charge is 0.138 e. The van der Waals surface area contributed by atoms with E-state index in [1.165, 1.54) is 0 Å². The van der Waals surface area contributed by atoms with Gasteiger partial charge in [-0.15, -0.1) is 0 Å². The second-order valence-electron chi connectivity index (χ2n) is 5.86. The highest BCUT2D eigenvalue weighted by Gasteiger charge is 2.31. The first-order chi connectivity index (χ1) is 10.7. The molecule has 22 heavy (non-hydrogen) atoms. The van der Waals surface area contributed by atoms with Gasteiger partial charge < -0.3 is 5.32 Å². The largest absolute Gasteiger partial charge is 0.378 e. The fourth-order valence-electron chi connectivity index (χ4n) is 3.16. The van der Waals surface area contributed by atoms with Gasteiger partial charge in [-0.2, -0.15) is 0 Å². The van der Waals surface area contributed by atoms with Crippen LogP contribution < -0.4 is 5.32 Å². The molecule has 1 aliphatic carbocycles. The van der Waals surface area contributed by atoms with Crippen molar-refractivity contribution in [1.29, 1.82) is 0 Å². The van der Waals surface area contributed by atoms with Crippen LogP contribution in [0.15, 0.2) is 54.6 Å². The molecule has 2 atom stereocenters. The molecule has 2 aromatic rings.